The molecule has 1 aromatic heterocycles. The number of hydrogen-bond donors (Lipinski definition) is 2. The molecule has 2 unspecified atom stereocenters. The molecule has 0 aliphatic carbocycles. The Morgan fingerprint density at radius 2 is 2.36 bits per heavy atom. The molecule has 1 rings (SSSR count). The van der Waals surface area contributed by atoms with Crippen LogP contribution in [0.15, 0.2) is 9.98 Å². The molecule has 0 saturated heterocycles. The van der Waals surface area contributed by atoms with Crippen LogP contribution in [0.4, 0.5) is 5.13 Å². The summed E-state index contributed by atoms with van der Waals surface area (Å²) in [6.07, 6.45) is 0. The first-order valence-electron chi connectivity index (χ1n) is 4.11. The van der Waals surface area contributed by atoms with Crippen molar-refractivity contribution in [1.29, 1.82) is 0 Å². The predicted molar refractivity (Wildman–Crippen MR) is 59.7 cm³/mol. The zero-order valence-electron chi connectivity index (χ0n) is 7.82. The molecule has 0 spiro atoms. The summed E-state index contributed by atoms with van der Waals surface area (Å²) in [5.74, 6) is -1.24. The summed E-state index contributed by atoms with van der Waals surface area (Å²) in [5, 5.41) is 14.4. The van der Waals surface area contributed by atoms with Crippen LogP contribution in [0.1, 0.15) is 13.8 Å². The SMILES string of the molecule is CC(Nc1nc(Br)cs1)C(C)C(=O)O. The van der Waals surface area contributed by atoms with E-state index < -0.39 is 11.9 Å². The average molecular weight is 279 g/mol. The Bertz CT molecular complexity index is 329. The van der Waals surface area contributed by atoms with Crippen molar-refractivity contribution in [3.05, 3.63) is 9.98 Å². The van der Waals surface area contributed by atoms with E-state index in [1.807, 2.05) is 12.3 Å². The first kappa shape index (κ1) is 11.5. The fourth-order valence-electron chi connectivity index (χ4n) is 0.854. The van der Waals surface area contributed by atoms with E-state index >= 15 is 0 Å². The third-order valence-electron chi connectivity index (χ3n) is 1.97. The highest BCUT2D eigenvalue weighted by Crippen LogP contribution is 2.21. The summed E-state index contributed by atoms with van der Waals surface area (Å²) in [6, 6.07) is -0.134. The van der Waals surface area contributed by atoms with Gasteiger partial charge in [-0.25, -0.2) is 4.98 Å². The molecule has 0 saturated carbocycles. The van der Waals surface area contributed by atoms with Crippen molar-refractivity contribution in [3.63, 3.8) is 0 Å². The van der Waals surface area contributed by atoms with Gasteiger partial charge in [-0.2, -0.15) is 0 Å². The minimum atomic E-state index is -0.805. The lowest BCUT2D eigenvalue weighted by atomic mass is 10.1. The third-order valence-corrected chi connectivity index (χ3v) is 3.45. The summed E-state index contributed by atoms with van der Waals surface area (Å²) in [4.78, 5) is 14.8. The quantitative estimate of drug-likeness (QED) is 0.888. The van der Waals surface area contributed by atoms with Crippen molar-refractivity contribution in [1.82, 2.24) is 4.98 Å². The van der Waals surface area contributed by atoms with Crippen LogP contribution >= 0.6 is 27.3 Å². The second-order valence-corrected chi connectivity index (χ2v) is 4.71. The largest absolute Gasteiger partial charge is 0.481 e. The fourth-order valence-corrected chi connectivity index (χ4v) is 2.10. The minimum absolute atomic E-state index is 0.134. The van der Waals surface area contributed by atoms with E-state index in [-0.39, 0.29) is 6.04 Å². The maximum atomic E-state index is 10.7. The lowest BCUT2D eigenvalue weighted by Gasteiger charge is -2.16. The van der Waals surface area contributed by atoms with Crippen molar-refractivity contribution < 1.29 is 9.90 Å². The number of carbonyl (C=O) groups is 1. The summed E-state index contributed by atoms with van der Waals surface area (Å²) < 4.78 is 0.764. The molecule has 0 radical (unpaired) electrons. The molecule has 78 valence electrons. The maximum absolute atomic E-state index is 10.7. The molecule has 0 aliphatic heterocycles. The van der Waals surface area contributed by atoms with Crippen LogP contribution in [0.25, 0.3) is 0 Å². The first-order valence-corrected chi connectivity index (χ1v) is 5.78. The van der Waals surface area contributed by atoms with E-state index in [4.69, 9.17) is 5.11 Å². The summed E-state index contributed by atoms with van der Waals surface area (Å²) in [5.41, 5.74) is 0. The van der Waals surface area contributed by atoms with Gasteiger partial charge in [0.05, 0.1) is 5.92 Å². The van der Waals surface area contributed by atoms with E-state index in [0.29, 0.717) is 0 Å². The van der Waals surface area contributed by atoms with Crippen LogP contribution < -0.4 is 5.32 Å². The smallest absolute Gasteiger partial charge is 0.308 e. The molecular formula is C8H11BrN2O2S. The van der Waals surface area contributed by atoms with Gasteiger partial charge in [-0.1, -0.05) is 0 Å². The van der Waals surface area contributed by atoms with Crippen molar-refractivity contribution in [3.8, 4) is 0 Å². The van der Waals surface area contributed by atoms with Crippen LogP contribution in [0.5, 0.6) is 0 Å². The lowest BCUT2D eigenvalue weighted by molar-refractivity contribution is -0.141. The zero-order valence-corrected chi connectivity index (χ0v) is 10.2. The Balaban J connectivity index is 2.56. The molecule has 14 heavy (non-hydrogen) atoms. The number of aromatic nitrogens is 1. The predicted octanol–water partition coefficient (Wildman–Crippen LogP) is 2.43. The monoisotopic (exact) mass is 278 g/mol. The van der Waals surface area contributed by atoms with Crippen LogP contribution in [0, 0.1) is 5.92 Å². The van der Waals surface area contributed by atoms with E-state index in [0.717, 1.165) is 9.73 Å². The Morgan fingerprint density at radius 3 is 2.79 bits per heavy atom. The Hall–Kier alpha value is -0.620. The van der Waals surface area contributed by atoms with Gasteiger partial charge in [0, 0.05) is 11.4 Å². The van der Waals surface area contributed by atoms with Crippen molar-refractivity contribution in [2.75, 3.05) is 5.32 Å². The molecule has 0 aromatic carbocycles. The number of nitrogens with zero attached hydrogens (tertiary/aromatic N) is 1. The molecule has 0 bridgehead atoms. The summed E-state index contributed by atoms with van der Waals surface area (Å²) >= 11 is 4.68. The van der Waals surface area contributed by atoms with Crippen molar-refractivity contribution in [2.45, 2.75) is 19.9 Å². The standard InChI is InChI=1S/C8H11BrN2O2S/c1-4(7(12)13)5(2)10-8-11-6(9)3-14-8/h3-5H,1-2H3,(H,10,11)(H,12,13). The first-order chi connectivity index (χ1) is 6.50. The maximum Gasteiger partial charge on any atom is 0.308 e. The number of thiazole rings is 1. The number of hydrogen-bond acceptors (Lipinski definition) is 4. The molecule has 2 N–H and O–H groups in total. The second kappa shape index (κ2) is 4.75. The highest BCUT2D eigenvalue weighted by Gasteiger charge is 2.19. The van der Waals surface area contributed by atoms with E-state index in [2.05, 4.69) is 26.2 Å². The highest BCUT2D eigenvalue weighted by molar-refractivity contribution is 9.10. The number of rotatable bonds is 4. The zero-order chi connectivity index (χ0) is 10.7. The highest BCUT2D eigenvalue weighted by atomic mass is 79.9. The number of carboxylic acid groups (broad SMARTS) is 1. The topological polar surface area (TPSA) is 62.2 Å². The van der Waals surface area contributed by atoms with Gasteiger partial charge in [0.1, 0.15) is 4.60 Å². The van der Waals surface area contributed by atoms with Gasteiger partial charge in [0.25, 0.3) is 0 Å². The molecule has 0 amide bonds. The molecule has 0 fully saturated rings. The Kier molecular flexibility index (Phi) is 3.88. The molecule has 1 heterocycles. The van der Waals surface area contributed by atoms with Crippen molar-refractivity contribution >= 4 is 38.4 Å². The van der Waals surface area contributed by atoms with Crippen molar-refractivity contribution in [2.24, 2.45) is 5.92 Å². The van der Waals surface area contributed by atoms with Gasteiger partial charge in [0.2, 0.25) is 0 Å². The molecule has 2 atom stereocenters. The Labute approximate surface area is 94.5 Å². The Morgan fingerprint density at radius 1 is 1.71 bits per heavy atom. The summed E-state index contributed by atoms with van der Waals surface area (Å²) in [6.45, 7) is 3.50. The number of nitrogens with one attached hydrogen (secondary N) is 1. The molecular weight excluding hydrogens is 268 g/mol. The number of anilines is 1. The fraction of sp³-hybridized carbons (Fsp3) is 0.500. The van der Waals surface area contributed by atoms with E-state index in [1.54, 1.807) is 6.92 Å². The van der Waals surface area contributed by atoms with Gasteiger partial charge in [-0.15, -0.1) is 11.3 Å². The van der Waals surface area contributed by atoms with Crippen LogP contribution in [-0.4, -0.2) is 22.1 Å². The van der Waals surface area contributed by atoms with Gasteiger partial charge in [-0.3, -0.25) is 4.79 Å². The minimum Gasteiger partial charge on any atom is -0.481 e. The number of carboxylic acids is 1. The second-order valence-electron chi connectivity index (χ2n) is 3.04. The van der Waals surface area contributed by atoms with Crippen LogP contribution in [0.2, 0.25) is 0 Å². The molecule has 1 aromatic rings. The van der Waals surface area contributed by atoms with Gasteiger partial charge in [-0.05, 0) is 29.8 Å². The number of halogens is 1. The van der Waals surface area contributed by atoms with Gasteiger partial charge in [0.15, 0.2) is 5.13 Å². The third kappa shape index (κ3) is 2.95. The normalized spacial score (nSPS) is 14.8. The van der Waals surface area contributed by atoms with Gasteiger partial charge < -0.3 is 10.4 Å². The van der Waals surface area contributed by atoms with Gasteiger partial charge >= 0.3 is 5.97 Å². The molecule has 6 heteroatoms. The van der Waals surface area contributed by atoms with E-state index in [1.165, 1.54) is 11.3 Å². The van der Waals surface area contributed by atoms with E-state index in [9.17, 15) is 4.79 Å². The lowest BCUT2D eigenvalue weighted by Crippen LogP contribution is -2.29. The number of aliphatic carboxylic acids is 1. The molecule has 4 nitrogen and oxygen atoms in total. The average Bonchev–Trinajstić information content (AvgIpc) is 2.49. The van der Waals surface area contributed by atoms with Crippen LogP contribution in [0.3, 0.4) is 0 Å². The summed E-state index contributed by atoms with van der Waals surface area (Å²) in [7, 11) is 0. The molecule has 0 aliphatic rings. The van der Waals surface area contributed by atoms with Crippen LogP contribution in [-0.2, 0) is 4.79 Å².